The lowest BCUT2D eigenvalue weighted by molar-refractivity contribution is 0.0325. The van der Waals surface area contributed by atoms with Gasteiger partial charge in [0.25, 0.3) is 0 Å². The zero-order chi connectivity index (χ0) is 12.3. The third-order valence-corrected chi connectivity index (χ3v) is 5.16. The van der Waals surface area contributed by atoms with Crippen molar-refractivity contribution in [3.05, 3.63) is 0 Å². The molecular formula is C11H23O3PS. The first kappa shape index (κ1) is 14.6. The summed E-state index contributed by atoms with van der Waals surface area (Å²) in [4.78, 5) is 9.74. The van der Waals surface area contributed by atoms with E-state index in [0.29, 0.717) is 17.8 Å². The van der Waals surface area contributed by atoms with Crippen LogP contribution >= 0.6 is 6.72 Å². The average molecular weight is 266 g/mol. The molecular weight excluding hydrogens is 243 g/mol. The van der Waals surface area contributed by atoms with Crippen molar-refractivity contribution in [3.8, 4) is 0 Å². The minimum atomic E-state index is -3.01. The van der Waals surface area contributed by atoms with Crippen molar-refractivity contribution < 1.29 is 13.9 Å². The molecule has 0 spiro atoms. The molecule has 0 radical (unpaired) electrons. The van der Waals surface area contributed by atoms with Gasteiger partial charge < -0.3 is 13.9 Å². The smallest absolute Gasteiger partial charge is 0.324 e. The van der Waals surface area contributed by atoms with Gasteiger partial charge in [-0.1, -0.05) is 27.2 Å². The Morgan fingerprint density at radius 2 is 2.00 bits per heavy atom. The van der Waals surface area contributed by atoms with Gasteiger partial charge in [0.2, 0.25) is 0 Å². The first-order chi connectivity index (χ1) is 7.35. The molecule has 1 aliphatic rings. The molecule has 4 atom stereocenters. The quantitative estimate of drug-likeness (QED) is 0.792. The molecule has 0 saturated heterocycles. The fourth-order valence-electron chi connectivity index (χ4n) is 2.45. The molecule has 1 fully saturated rings. The number of hydrogen-bond acceptors (Lipinski definition) is 3. The summed E-state index contributed by atoms with van der Waals surface area (Å²) in [5.74, 6) is 1.69. The highest BCUT2D eigenvalue weighted by molar-refractivity contribution is 8.07. The minimum Gasteiger partial charge on any atom is -0.324 e. The first-order valence-corrected chi connectivity index (χ1v) is 8.51. The van der Waals surface area contributed by atoms with E-state index in [0.717, 1.165) is 12.8 Å². The molecule has 1 N–H and O–H groups in total. The van der Waals surface area contributed by atoms with Crippen molar-refractivity contribution in [3.63, 3.8) is 0 Å². The number of hydrogen-bond donors (Lipinski definition) is 1. The van der Waals surface area contributed by atoms with E-state index in [1.807, 2.05) is 0 Å². The Labute approximate surface area is 104 Å². The summed E-state index contributed by atoms with van der Waals surface area (Å²) >= 11 is 4.93. The van der Waals surface area contributed by atoms with Crippen molar-refractivity contribution in [2.45, 2.75) is 46.1 Å². The van der Waals surface area contributed by atoms with Gasteiger partial charge in [-0.05, 0) is 42.4 Å². The highest BCUT2D eigenvalue weighted by Gasteiger charge is 2.34. The average Bonchev–Trinajstić information content (AvgIpc) is 2.16. The summed E-state index contributed by atoms with van der Waals surface area (Å²) in [5.41, 5.74) is 0. The van der Waals surface area contributed by atoms with Crippen molar-refractivity contribution >= 4 is 18.5 Å². The first-order valence-electron chi connectivity index (χ1n) is 5.92. The molecule has 0 aliphatic heterocycles. The lowest BCUT2D eigenvalue weighted by Crippen LogP contribution is -2.33. The molecule has 1 aliphatic carbocycles. The van der Waals surface area contributed by atoms with Crippen LogP contribution < -0.4 is 0 Å². The summed E-state index contributed by atoms with van der Waals surface area (Å²) < 4.78 is 10.5. The van der Waals surface area contributed by atoms with Crippen LogP contribution in [0.15, 0.2) is 0 Å². The van der Waals surface area contributed by atoms with Gasteiger partial charge in [-0.2, -0.15) is 0 Å². The van der Waals surface area contributed by atoms with Crippen LogP contribution in [0.1, 0.15) is 40.0 Å². The fraction of sp³-hybridized carbons (Fsp3) is 1.00. The molecule has 0 aromatic rings. The van der Waals surface area contributed by atoms with Gasteiger partial charge in [0.15, 0.2) is 0 Å². The third-order valence-electron chi connectivity index (χ3n) is 3.46. The Balaban J connectivity index is 2.68. The Morgan fingerprint density at radius 3 is 2.50 bits per heavy atom. The maximum Gasteiger partial charge on any atom is 0.324 e. The lowest BCUT2D eigenvalue weighted by Gasteiger charge is -2.38. The van der Waals surface area contributed by atoms with Crippen molar-refractivity contribution in [2.75, 3.05) is 7.11 Å². The van der Waals surface area contributed by atoms with Crippen molar-refractivity contribution in [1.29, 1.82) is 0 Å². The second-order valence-electron chi connectivity index (χ2n) is 5.12. The molecule has 3 nitrogen and oxygen atoms in total. The predicted molar refractivity (Wildman–Crippen MR) is 69.7 cm³/mol. The Bertz CT molecular complexity index is 270. The third kappa shape index (κ3) is 4.08. The predicted octanol–water partition coefficient (Wildman–Crippen LogP) is 3.33. The van der Waals surface area contributed by atoms with Crippen LogP contribution in [0, 0.1) is 17.8 Å². The highest BCUT2D eigenvalue weighted by Crippen LogP contribution is 2.49. The molecule has 4 unspecified atom stereocenters. The summed E-state index contributed by atoms with van der Waals surface area (Å²) in [6.45, 7) is 3.61. The molecule has 0 bridgehead atoms. The Morgan fingerprint density at radius 1 is 1.38 bits per heavy atom. The number of rotatable bonds is 4. The molecule has 1 saturated carbocycles. The van der Waals surface area contributed by atoms with E-state index in [4.69, 9.17) is 20.9 Å². The molecule has 5 heteroatoms. The molecule has 0 aromatic carbocycles. The van der Waals surface area contributed by atoms with Crippen LogP contribution in [-0.4, -0.2) is 18.1 Å². The van der Waals surface area contributed by atoms with Crippen LogP contribution in [0.4, 0.5) is 0 Å². The Hall–Kier alpha value is 0.530. The monoisotopic (exact) mass is 266 g/mol. The van der Waals surface area contributed by atoms with Gasteiger partial charge >= 0.3 is 6.72 Å². The standard InChI is InChI=1S/C11H23O3PS/c1-8(2)10-6-5-9(3)7-11(10)14-15(12,16)13-4/h8-11H,5-7H2,1-4H3,(H,12,16). The second kappa shape index (κ2) is 5.92. The van der Waals surface area contributed by atoms with Crippen LogP contribution in [0.3, 0.4) is 0 Å². The highest BCUT2D eigenvalue weighted by atomic mass is 32.5. The maximum absolute atomic E-state index is 9.74. The topological polar surface area (TPSA) is 38.7 Å². The molecule has 16 heavy (non-hydrogen) atoms. The normalized spacial score (nSPS) is 35.0. The molecule has 0 heterocycles. The van der Waals surface area contributed by atoms with Gasteiger partial charge in [-0.15, -0.1) is 0 Å². The van der Waals surface area contributed by atoms with Gasteiger partial charge in [-0.25, -0.2) is 0 Å². The fourth-order valence-corrected chi connectivity index (χ4v) is 3.45. The minimum absolute atomic E-state index is 0.0551. The van der Waals surface area contributed by atoms with E-state index in [-0.39, 0.29) is 6.10 Å². The summed E-state index contributed by atoms with van der Waals surface area (Å²) in [6, 6.07) is 0. The molecule has 1 rings (SSSR count). The largest absolute Gasteiger partial charge is 0.324 e. The van der Waals surface area contributed by atoms with Crippen LogP contribution in [0.2, 0.25) is 0 Å². The van der Waals surface area contributed by atoms with Crippen LogP contribution in [0.5, 0.6) is 0 Å². The van der Waals surface area contributed by atoms with E-state index in [1.165, 1.54) is 13.5 Å². The summed E-state index contributed by atoms with van der Waals surface area (Å²) in [5, 5.41) is 0. The van der Waals surface area contributed by atoms with E-state index < -0.39 is 6.72 Å². The molecule has 0 aromatic heterocycles. The SMILES string of the molecule is COP(O)(=S)OC1CC(C)CCC1C(C)C. The van der Waals surface area contributed by atoms with E-state index in [9.17, 15) is 4.89 Å². The maximum atomic E-state index is 9.74. The van der Waals surface area contributed by atoms with Crippen LogP contribution in [-0.2, 0) is 20.9 Å². The van der Waals surface area contributed by atoms with E-state index >= 15 is 0 Å². The van der Waals surface area contributed by atoms with Crippen molar-refractivity contribution in [1.82, 2.24) is 0 Å². The van der Waals surface area contributed by atoms with E-state index in [2.05, 4.69) is 20.8 Å². The zero-order valence-electron chi connectivity index (χ0n) is 10.5. The summed E-state index contributed by atoms with van der Waals surface area (Å²) in [6.07, 6.45) is 3.43. The lowest BCUT2D eigenvalue weighted by atomic mass is 9.75. The van der Waals surface area contributed by atoms with Gasteiger partial charge in [0.05, 0.1) is 6.10 Å². The van der Waals surface area contributed by atoms with Crippen LogP contribution in [0.25, 0.3) is 0 Å². The summed E-state index contributed by atoms with van der Waals surface area (Å²) in [7, 11) is 1.41. The Kier molecular flexibility index (Phi) is 5.40. The molecule has 96 valence electrons. The zero-order valence-corrected chi connectivity index (χ0v) is 12.3. The van der Waals surface area contributed by atoms with Gasteiger partial charge in [0, 0.05) is 7.11 Å². The van der Waals surface area contributed by atoms with Gasteiger partial charge in [-0.3, -0.25) is 0 Å². The second-order valence-corrected chi connectivity index (χ2v) is 8.02. The van der Waals surface area contributed by atoms with Gasteiger partial charge in [0.1, 0.15) is 0 Å². The molecule has 0 amide bonds. The van der Waals surface area contributed by atoms with E-state index in [1.54, 1.807) is 0 Å². The van der Waals surface area contributed by atoms with Crippen molar-refractivity contribution in [2.24, 2.45) is 17.8 Å².